The Morgan fingerprint density at radius 3 is 2.52 bits per heavy atom. The molecule has 0 radical (unpaired) electrons. The number of carboxylic acid groups (broad SMARTS) is 2. The molecule has 0 spiro atoms. The Labute approximate surface area is 151 Å². The molecule has 3 rings (SSSR count). The van der Waals surface area contributed by atoms with E-state index in [1.54, 1.807) is 25.3 Å². The SMILES string of the molecule is CC1(C)SC2C(NC(=O)C(C(=O)[O-])c3cccs3)C(=O)N2C1C(=O)[O-]. The number of amides is 2. The van der Waals surface area contributed by atoms with Crippen LogP contribution in [0.5, 0.6) is 0 Å². The second kappa shape index (κ2) is 6.03. The smallest absolute Gasteiger partial charge is 0.249 e. The lowest BCUT2D eigenvalue weighted by atomic mass is 9.95. The number of hydrogen-bond acceptors (Lipinski definition) is 8. The molecule has 10 heteroatoms. The molecule has 2 aliphatic rings. The van der Waals surface area contributed by atoms with Crippen molar-refractivity contribution in [2.24, 2.45) is 0 Å². The van der Waals surface area contributed by atoms with Gasteiger partial charge in [-0.05, 0) is 25.3 Å². The maximum atomic E-state index is 12.4. The fourth-order valence-electron chi connectivity index (χ4n) is 3.17. The van der Waals surface area contributed by atoms with Crippen molar-refractivity contribution in [3.05, 3.63) is 22.4 Å². The average Bonchev–Trinajstić information content (AvgIpc) is 3.09. The van der Waals surface area contributed by atoms with Gasteiger partial charge < -0.3 is 30.0 Å². The van der Waals surface area contributed by atoms with Crippen LogP contribution in [0.15, 0.2) is 17.5 Å². The first-order chi connectivity index (χ1) is 11.6. The number of thiophene rings is 1. The first-order valence-electron chi connectivity index (χ1n) is 7.40. The highest BCUT2D eigenvalue weighted by molar-refractivity contribution is 8.01. The van der Waals surface area contributed by atoms with Crippen LogP contribution in [0.1, 0.15) is 24.6 Å². The van der Waals surface area contributed by atoms with Crippen LogP contribution in [-0.2, 0) is 19.2 Å². The van der Waals surface area contributed by atoms with Gasteiger partial charge in [0, 0.05) is 9.62 Å². The van der Waals surface area contributed by atoms with Gasteiger partial charge in [0.15, 0.2) is 0 Å². The van der Waals surface area contributed by atoms with Crippen LogP contribution in [0.2, 0.25) is 0 Å². The molecule has 2 saturated heterocycles. The van der Waals surface area contributed by atoms with Crippen LogP contribution in [-0.4, -0.2) is 50.9 Å². The number of hydrogen-bond donors (Lipinski definition) is 1. The molecule has 0 aliphatic carbocycles. The first kappa shape index (κ1) is 17.7. The van der Waals surface area contributed by atoms with Crippen LogP contribution < -0.4 is 15.5 Å². The maximum Gasteiger partial charge on any atom is 0.249 e. The van der Waals surface area contributed by atoms with Crippen LogP contribution in [0, 0.1) is 0 Å². The van der Waals surface area contributed by atoms with Crippen LogP contribution in [0.3, 0.4) is 0 Å². The lowest BCUT2D eigenvalue weighted by Crippen LogP contribution is -2.72. The molecule has 25 heavy (non-hydrogen) atoms. The minimum absolute atomic E-state index is 0.299. The predicted molar refractivity (Wildman–Crippen MR) is 85.1 cm³/mol. The van der Waals surface area contributed by atoms with Crippen molar-refractivity contribution in [3.8, 4) is 0 Å². The molecule has 1 aromatic heterocycles. The Bertz CT molecular complexity index is 747. The highest BCUT2D eigenvalue weighted by Crippen LogP contribution is 2.50. The van der Waals surface area contributed by atoms with Gasteiger partial charge in [-0.15, -0.1) is 23.1 Å². The number of aliphatic carboxylic acids is 2. The molecular formula is C15H14N2O6S2-2. The summed E-state index contributed by atoms with van der Waals surface area (Å²) < 4.78 is -0.778. The third-order valence-electron chi connectivity index (χ3n) is 4.29. The van der Waals surface area contributed by atoms with Gasteiger partial charge in [0.1, 0.15) is 17.3 Å². The third-order valence-corrected chi connectivity index (χ3v) is 6.80. The molecule has 8 nitrogen and oxygen atoms in total. The summed E-state index contributed by atoms with van der Waals surface area (Å²) in [6.07, 6.45) is 0. The molecule has 0 bridgehead atoms. The van der Waals surface area contributed by atoms with E-state index in [9.17, 15) is 29.4 Å². The highest BCUT2D eigenvalue weighted by atomic mass is 32.2. The number of fused-ring (bicyclic) bond motifs is 1. The number of rotatable bonds is 5. The monoisotopic (exact) mass is 382 g/mol. The van der Waals surface area contributed by atoms with Crippen molar-refractivity contribution >= 4 is 46.9 Å². The molecule has 0 saturated carbocycles. The van der Waals surface area contributed by atoms with E-state index >= 15 is 0 Å². The summed E-state index contributed by atoms with van der Waals surface area (Å²) in [5.41, 5.74) is 0. The molecule has 134 valence electrons. The Kier molecular flexibility index (Phi) is 4.28. The van der Waals surface area contributed by atoms with Crippen molar-refractivity contribution in [1.29, 1.82) is 0 Å². The largest absolute Gasteiger partial charge is 0.549 e. The molecule has 3 heterocycles. The zero-order valence-electron chi connectivity index (χ0n) is 13.3. The highest BCUT2D eigenvalue weighted by Gasteiger charge is 2.62. The number of β-lactam (4-membered cyclic amide) rings is 1. The van der Waals surface area contributed by atoms with Gasteiger partial charge >= 0.3 is 0 Å². The van der Waals surface area contributed by atoms with Gasteiger partial charge in [-0.2, -0.15) is 0 Å². The van der Waals surface area contributed by atoms with Crippen LogP contribution >= 0.6 is 23.1 Å². The summed E-state index contributed by atoms with van der Waals surface area (Å²) in [5.74, 6) is -5.84. The van der Waals surface area contributed by atoms with Gasteiger partial charge in [-0.25, -0.2) is 0 Å². The quantitative estimate of drug-likeness (QED) is 0.455. The summed E-state index contributed by atoms with van der Waals surface area (Å²) in [6.45, 7) is 3.36. The Morgan fingerprint density at radius 2 is 2.00 bits per heavy atom. The Hall–Kier alpha value is -2.07. The standard InChI is InChI=1S/C15H16N2O6S2/c1-15(2)9(14(22)23)17-11(19)8(12(17)25-15)16-10(18)7(13(20)21)6-4-3-5-24-6/h3-5,7-9,12H,1-2H3,(H,16,18)(H,20,21)(H,22,23)/p-2. The Balaban J connectivity index is 1.77. The van der Waals surface area contributed by atoms with Gasteiger partial charge in [0.05, 0.1) is 18.0 Å². The summed E-state index contributed by atoms with van der Waals surface area (Å²) in [6, 6.07) is 1.04. The number of nitrogens with one attached hydrogen (secondary N) is 1. The second-order valence-electron chi connectivity index (χ2n) is 6.33. The zero-order valence-corrected chi connectivity index (χ0v) is 14.9. The normalized spacial score (nSPS) is 28.0. The second-order valence-corrected chi connectivity index (χ2v) is 9.08. The predicted octanol–water partition coefficient (Wildman–Crippen LogP) is -2.12. The van der Waals surface area contributed by atoms with E-state index in [1.807, 2.05) is 0 Å². The maximum absolute atomic E-state index is 12.4. The first-order valence-corrected chi connectivity index (χ1v) is 9.16. The topological polar surface area (TPSA) is 130 Å². The van der Waals surface area contributed by atoms with Crippen molar-refractivity contribution in [3.63, 3.8) is 0 Å². The summed E-state index contributed by atoms with van der Waals surface area (Å²) in [4.78, 5) is 48.8. The van der Waals surface area contributed by atoms with E-state index in [4.69, 9.17) is 0 Å². The van der Waals surface area contributed by atoms with Gasteiger partial charge in [-0.1, -0.05) is 6.07 Å². The molecule has 2 aliphatic heterocycles. The van der Waals surface area contributed by atoms with E-state index < -0.39 is 51.9 Å². The van der Waals surface area contributed by atoms with Crippen molar-refractivity contribution < 1.29 is 29.4 Å². The van der Waals surface area contributed by atoms with Crippen molar-refractivity contribution in [2.45, 2.75) is 42.0 Å². The molecule has 1 aromatic rings. The van der Waals surface area contributed by atoms with Crippen LogP contribution in [0.4, 0.5) is 0 Å². The number of carboxylic acids is 2. The lowest BCUT2D eigenvalue weighted by molar-refractivity contribution is -0.312. The van der Waals surface area contributed by atoms with Crippen molar-refractivity contribution in [2.75, 3.05) is 0 Å². The molecule has 4 atom stereocenters. The fraction of sp³-hybridized carbons (Fsp3) is 0.467. The van der Waals surface area contributed by atoms with Crippen LogP contribution in [0.25, 0.3) is 0 Å². The number of thioether (sulfide) groups is 1. The zero-order chi connectivity index (χ0) is 18.5. The molecule has 2 amide bonds. The minimum Gasteiger partial charge on any atom is -0.549 e. The van der Waals surface area contributed by atoms with E-state index in [2.05, 4.69) is 5.32 Å². The molecular weight excluding hydrogens is 368 g/mol. The number of carbonyl (C=O) groups excluding carboxylic acids is 4. The minimum atomic E-state index is -1.56. The summed E-state index contributed by atoms with van der Waals surface area (Å²) in [5, 5.41) is 26.2. The summed E-state index contributed by atoms with van der Waals surface area (Å²) in [7, 11) is 0. The van der Waals surface area contributed by atoms with Gasteiger partial charge in [0.2, 0.25) is 11.8 Å². The van der Waals surface area contributed by atoms with E-state index in [1.165, 1.54) is 22.7 Å². The van der Waals surface area contributed by atoms with Gasteiger partial charge in [-0.3, -0.25) is 9.59 Å². The van der Waals surface area contributed by atoms with Crippen molar-refractivity contribution in [1.82, 2.24) is 10.2 Å². The lowest BCUT2D eigenvalue weighted by Gasteiger charge is -2.45. The average molecular weight is 382 g/mol. The molecule has 1 N–H and O–H groups in total. The van der Waals surface area contributed by atoms with E-state index in [0.717, 1.165) is 11.3 Å². The van der Waals surface area contributed by atoms with Gasteiger partial charge in [0.25, 0.3) is 0 Å². The van der Waals surface area contributed by atoms with E-state index in [-0.39, 0.29) is 0 Å². The Morgan fingerprint density at radius 1 is 1.32 bits per heavy atom. The number of nitrogens with zero attached hydrogens (tertiary/aromatic N) is 1. The molecule has 0 aromatic carbocycles. The number of carbonyl (C=O) groups is 4. The molecule has 2 fully saturated rings. The summed E-state index contributed by atoms with van der Waals surface area (Å²) >= 11 is 2.33. The van der Waals surface area contributed by atoms with E-state index in [0.29, 0.717) is 4.88 Å². The fourth-order valence-corrected chi connectivity index (χ4v) is 5.60. The third kappa shape index (κ3) is 2.78. The molecule has 4 unspecified atom stereocenters.